The maximum Gasteiger partial charge on any atom is 0.573 e. The van der Waals surface area contributed by atoms with Gasteiger partial charge in [0.25, 0.3) is 5.56 Å². The lowest BCUT2D eigenvalue weighted by atomic mass is 10.1. The van der Waals surface area contributed by atoms with E-state index in [-0.39, 0.29) is 26.8 Å². The highest BCUT2D eigenvalue weighted by Gasteiger charge is 2.54. The van der Waals surface area contributed by atoms with Crippen molar-refractivity contribution in [1.29, 1.82) is 0 Å². The first kappa shape index (κ1) is 24.7. The molecule has 0 atom stereocenters. The topological polar surface area (TPSA) is 85.7 Å². The van der Waals surface area contributed by atoms with Crippen LogP contribution >= 0.6 is 15.9 Å². The minimum absolute atomic E-state index is 0.0244. The normalized spacial score (nSPS) is 17.7. The minimum atomic E-state index is -5.01. The monoisotopic (exact) mass is 570 g/mol. The lowest BCUT2D eigenvalue weighted by Gasteiger charge is -2.34. The molecule has 1 amide bonds. The molecule has 1 N–H and O–H groups in total. The van der Waals surface area contributed by atoms with Gasteiger partial charge in [-0.2, -0.15) is 0 Å². The van der Waals surface area contributed by atoms with Crippen LogP contribution in [0.4, 0.5) is 23.2 Å². The van der Waals surface area contributed by atoms with Crippen LogP contribution in [-0.2, 0) is 9.53 Å². The Morgan fingerprint density at radius 1 is 1.17 bits per heavy atom. The molecule has 1 aliphatic heterocycles. The number of amides is 1. The number of aromatic nitrogens is 2. The van der Waals surface area contributed by atoms with Gasteiger partial charge in [-0.25, -0.2) is 9.37 Å². The average molecular weight is 571 g/mol. The van der Waals surface area contributed by atoms with E-state index in [1.54, 1.807) is 0 Å². The number of rotatable bonds is 5. The van der Waals surface area contributed by atoms with E-state index >= 15 is 0 Å². The lowest BCUT2D eigenvalue weighted by molar-refractivity contribution is -0.274. The average Bonchev–Trinajstić information content (AvgIpc) is 3.64. The molecule has 5 rings (SSSR count). The number of hydrogen-bond donors (Lipinski definition) is 1. The summed E-state index contributed by atoms with van der Waals surface area (Å²) in [6, 6.07) is 5.79. The summed E-state index contributed by atoms with van der Waals surface area (Å²) in [4.78, 5) is 32.4. The molecule has 8 nitrogen and oxygen atoms in total. The van der Waals surface area contributed by atoms with Gasteiger partial charge in [0.1, 0.15) is 17.7 Å². The predicted molar refractivity (Wildman–Crippen MR) is 125 cm³/mol. The first-order valence-electron chi connectivity index (χ1n) is 11.0. The highest BCUT2D eigenvalue weighted by Crippen LogP contribution is 2.44. The van der Waals surface area contributed by atoms with Crippen molar-refractivity contribution >= 4 is 38.4 Å². The molecule has 2 heterocycles. The van der Waals surface area contributed by atoms with Gasteiger partial charge < -0.3 is 14.8 Å². The summed E-state index contributed by atoms with van der Waals surface area (Å²) >= 11 is 3.04. The van der Waals surface area contributed by atoms with Gasteiger partial charge in [0.2, 0.25) is 5.91 Å². The van der Waals surface area contributed by atoms with Crippen molar-refractivity contribution in [2.75, 3.05) is 31.6 Å². The van der Waals surface area contributed by atoms with E-state index in [1.807, 2.05) is 4.90 Å². The highest BCUT2D eigenvalue weighted by atomic mass is 79.9. The van der Waals surface area contributed by atoms with E-state index in [0.717, 1.165) is 16.7 Å². The van der Waals surface area contributed by atoms with E-state index < -0.39 is 34.9 Å². The Bertz CT molecular complexity index is 1400. The number of benzene rings is 2. The van der Waals surface area contributed by atoms with E-state index in [1.165, 1.54) is 24.5 Å². The summed E-state index contributed by atoms with van der Waals surface area (Å²) in [6.45, 7) is 1.98. The SMILES string of the molecule is O=C(Nc1cc(-n2cnc3cc(Br)c(F)cc3c2=O)ccc1OC(F)(F)F)C1(N2CCOCC2)CC1. The van der Waals surface area contributed by atoms with Crippen LogP contribution < -0.4 is 15.6 Å². The van der Waals surface area contributed by atoms with Gasteiger partial charge in [-0.05, 0) is 59.1 Å². The molecule has 1 aliphatic carbocycles. The number of carbonyl (C=O) groups excluding carboxylic acids is 1. The first-order chi connectivity index (χ1) is 17.1. The summed E-state index contributed by atoms with van der Waals surface area (Å²) in [6.07, 6.45) is -2.71. The second kappa shape index (κ2) is 9.12. The summed E-state index contributed by atoms with van der Waals surface area (Å²) in [7, 11) is 0. The van der Waals surface area contributed by atoms with Crippen LogP contribution in [-0.4, -0.2) is 58.6 Å². The zero-order valence-electron chi connectivity index (χ0n) is 18.6. The number of morpholine rings is 1. The number of hydrogen-bond acceptors (Lipinski definition) is 6. The third kappa shape index (κ3) is 4.70. The molecule has 1 saturated heterocycles. The Labute approximate surface area is 209 Å². The Morgan fingerprint density at radius 3 is 2.56 bits per heavy atom. The number of fused-ring (bicyclic) bond motifs is 1. The number of anilines is 1. The predicted octanol–water partition coefficient (Wildman–Crippen LogP) is 3.99. The molecule has 2 aromatic carbocycles. The van der Waals surface area contributed by atoms with E-state index in [9.17, 15) is 27.2 Å². The summed E-state index contributed by atoms with van der Waals surface area (Å²) < 4.78 is 63.9. The molecule has 0 spiro atoms. The molecular weight excluding hydrogens is 552 g/mol. The third-order valence-electron chi connectivity index (χ3n) is 6.28. The fourth-order valence-corrected chi connectivity index (χ4v) is 4.65. The van der Waals surface area contributed by atoms with Crippen LogP contribution in [0.15, 0.2) is 45.9 Å². The van der Waals surface area contributed by atoms with E-state index in [4.69, 9.17) is 4.74 Å². The van der Waals surface area contributed by atoms with Gasteiger partial charge in [0, 0.05) is 13.1 Å². The van der Waals surface area contributed by atoms with Gasteiger partial charge in [-0.3, -0.25) is 19.1 Å². The van der Waals surface area contributed by atoms with Gasteiger partial charge in [-0.15, -0.1) is 13.2 Å². The number of carbonyl (C=O) groups is 1. The summed E-state index contributed by atoms with van der Waals surface area (Å²) in [5.74, 6) is -1.77. The highest BCUT2D eigenvalue weighted by molar-refractivity contribution is 9.10. The summed E-state index contributed by atoms with van der Waals surface area (Å²) in [5, 5.41) is 2.54. The van der Waals surface area contributed by atoms with Crippen LogP contribution in [0.1, 0.15) is 12.8 Å². The van der Waals surface area contributed by atoms with E-state index in [2.05, 4.69) is 31.0 Å². The molecule has 3 aromatic rings. The third-order valence-corrected chi connectivity index (χ3v) is 6.89. The molecule has 13 heteroatoms. The standard InChI is InChI=1S/C23H19BrF4N4O4/c24-15-11-17-14(10-16(15)25)20(33)32(12-29-17)13-1-2-19(36-23(26,27)28)18(9-13)30-21(34)22(3-4-22)31-5-7-35-8-6-31/h1-2,9-12H,3-8H2,(H,30,34). The number of ether oxygens (including phenoxy) is 2. The van der Waals surface area contributed by atoms with Crippen molar-refractivity contribution in [2.24, 2.45) is 0 Å². The van der Waals surface area contributed by atoms with Crippen molar-refractivity contribution in [3.05, 3.63) is 57.3 Å². The molecule has 190 valence electrons. The van der Waals surface area contributed by atoms with Crippen molar-refractivity contribution < 1.29 is 31.8 Å². The maximum absolute atomic E-state index is 14.0. The Morgan fingerprint density at radius 2 is 1.89 bits per heavy atom. The maximum atomic E-state index is 14.0. The van der Waals surface area contributed by atoms with Crippen LogP contribution in [0.5, 0.6) is 5.75 Å². The molecule has 0 unspecified atom stereocenters. The summed E-state index contributed by atoms with van der Waals surface area (Å²) in [5.41, 5.74) is -1.39. The van der Waals surface area contributed by atoms with Crippen molar-refractivity contribution in [2.45, 2.75) is 24.7 Å². The van der Waals surface area contributed by atoms with Gasteiger partial charge in [-0.1, -0.05) is 0 Å². The molecule has 2 fully saturated rings. The molecule has 1 saturated carbocycles. The number of alkyl halides is 3. The van der Waals surface area contributed by atoms with Crippen LogP contribution in [0.25, 0.3) is 16.6 Å². The first-order valence-corrected chi connectivity index (χ1v) is 11.8. The Kier molecular flexibility index (Phi) is 6.25. The zero-order valence-corrected chi connectivity index (χ0v) is 20.2. The Balaban J connectivity index is 1.53. The van der Waals surface area contributed by atoms with Crippen molar-refractivity contribution in [3.8, 4) is 11.4 Å². The van der Waals surface area contributed by atoms with Gasteiger partial charge in [0.05, 0.1) is 40.0 Å². The molecule has 1 aromatic heterocycles. The largest absolute Gasteiger partial charge is 0.573 e. The second-order valence-corrected chi connectivity index (χ2v) is 9.37. The number of halogens is 5. The van der Waals surface area contributed by atoms with Crippen molar-refractivity contribution in [1.82, 2.24) is 14.5 Å². The zero-order chi connectivity index (χ0) is 25.7. The van der Waals surface area contributed by atoms with Gasteiger partial charge >= 0.3 is 6.36 Å². The van der Waals surface area contributed by atoms with Crippen LogP contribution in [0, 0.1) is 5.82 Å². The number of nitrogens with one attached hydrogen (secondary N) is 1. The molecule has 2 aliphatic rings. The Hall–Kier alpha value is -3.03. The number of nitrogens with zero attached hydrogens (tertiary/aromatic N) is 3. The second-order valence-electron chi connectivity index (χ2n) is 8.52. The lowest BCUT2D eigenvalue weighted by Crippen LogP contribution is -2.51. The van der Waals surface area contributed by atoms with Crippen LogP contribution in [0.2, 0.25) is 0 Å². The molecule has 36 heavy (non-hydrogen) atoms. The van der Waals surface area contributed by atoms with Gasteiger partial charge in [0.15, 0.2) is 5.75 Å². The van der Waals surface area contributed by atoms with Crippen LogP contribution in [0.3, 0.4) is 0 Å². The smallest absolute Gasteiger partial charge is 0.404 e. The van der Waals surface area contributed by atoms with Crippen molar-refractivity contribution in [3.63, 3.8) is 0 Å². The fourth-order valence-electron chi connectivity index (χ4n) is 4.32. The molecule has 0 radical (unpaired) electrons. The minimum Gasteiger partial charge on any atom is -0.404 e. The molecule has 0 bridgehead atoms. The quantitative estimate of drug-likeness (QED) is 0.467. The fraction of sp³-hybridized carbons (Fsp3) is 0.348. The van der Waals surface area contributed by atoms with E-state index in [0.29, 0.717) is 39.1 Å². The molecular formula is C23H19BrF4N4O4.